The summed E-state index contributed by atoms with van der Waals surface area (Å²) < 4.78 is 0. The lowest BCUT2D eigenvalue weighted by atomic mass is 10.0. The zero-order valence-corrected chi connectivity index (χ0v) is 10.4. The summed E-state index contributed by atoms with van der Waals surface area (Å²) in [6.07, 6.45) is 0.867. The highest BCUT2D eigenvalue weighted by molar-refractivity contribution is 7.13. The van der Waals surface area contributed by atoms with Gasteiger partial charge in [-0.3, -0.25) is 0 Å². The van der Waals surface area contributed by atoms with Crippen LogP contribution in [0.5, 0.6) is 0 Å². The molecule has 0 amide bonds. The maximum absolute atomic E-state index is 5.60. The fourth-order valence-electron chi connectivity index (χ4n) is 1.63. The van der Waals surface area contributed by atoms with Crippen LogP contribution in [0.3, 0.4) is 0 Å². The second kappa shape index (κ2) is 4.66. The van der Waals surface area contributed by atoms with Gasteiger partial charge in [-0.15, -0.1) is 11.3 Å². The molecule has 1 heterocycles. The van der Waals surface area contributed by atoms with Crippen molar-refractivity contribution in [3.8, 4) is 0 Å². The Morgan fingerprint density at radius 2 is 1.94 bits per heavy atom. The first kappa shape index (κ1) is 11.1. The third kappa shape index (κ3) is 2.61. The van der Waals surface area contributed by atoms with E-state index in [0.29, 0.717) is 11.0 Å². The molecule has 0 saturated heterocycles. The molecular formula is C13H16N2S. The van der Waals surface area contributed by atoms with Crippen LogP contribution in [0.1, 0.15) is 36.6 Å². The highest BCUT2D eigenvalue weighted by Crippen LogP contribution is 2.18. The van der Waals surface area contributed by atoms with Gasteiger partial charge in [-0.1, -0.05) is 38.1 Å². The van der Waals surface area contributed by atoms with E-state index in [9.17, 15) is 0 Å². The largest absolute Gasteiger partial charge is 0.375 e. The van der Waals surface area contributed by atoms with Gasteiger partial charge in [-0.05, 0) is 17.0 Å². The molecule has 0 aliphatic carbocycles. The molecule has 16 heavy (non-hydrogen) atoms. The van der Waals surface area contributed by atoms with Crippen molar-refractivity contribution < 1.29 is 0 Å². The Bertz CT molecular complexity index is 457. The Morgan fingerprint density at radius 1 is 1.25 bits per heavy atom. The van der Waals surface area contributed by atoms with Gasteiger partial charge in [-0.25, -0.2) is 4.98 Å². The maximum atomic E-state index is 5.60. The van der Waals surface area contributed by atoms with Gasteiger partial charge in [0.15, 0.2) is 5.13 Å². The van der Waals surface area contributed by atoms with Gasteiger partial charge in [0.2, 0.25) is 0 Å². The van der Waals surface area contributed by atoms with Crippen molar-refractivity contribution >= 4 is 16.5 Å². The molecule has 0 bridgehead atoms. The van der Waals surface area contributed by atoms with Gasteiger partial charge in [-0.2, -0.15) is 0 Å². The smallest absolute Gasteiger partial charge is 0.180 e. The molecule has 84 valence electrons. The zero-order valence-electron chi connectivity index (χ0n) is 9.60. The van der Waals surface area contributed by atoms with Crippen molar-refractivity contribution in [3.63, 3.8) is 0 Å². The van der Waals surface area contributed by atoms with Gasteiger partial charge in [0.05, 0.1) is 5.69 Å². The SMILES string of the molecule is CC(C)c1ccc(Cc2csc(N)n2)cc1. The van der Waals surface area contributed by atoms with Crippen molar-refractivity contribution in [2.45, 2.75) is 26.2 Å². The number of nitrogen functional groups attached to an aromatic ring is 1. The third-order valence-corrected chi connectivity index (χ3v) is 3.32. The molecule has 0 atom stereocenters. The van der Waals surface area contributed by atoms with Gasteiger partial charge >= 0.3 is 0 Å². The number of nitrogens with two attached hydrogens (primary N) is 1. The molecule has 1 aromatic heterocycles. The lowest BCUT2D eigenvalue weighted by molar-refractivity contribution is 0.865. The highest BCUT2D eigenvalue weighted by Gasteiger charge is 2.02. The summed E-state index contributed by atoms with van der Waals surface area (Å²) in [5.41, 5.74) is 9.32. The summed E-state index contributed by atoms with van der Waals surface area (Å²) in [7, 11) is 0. The Morgan fingerprint density at radius 3 is 2.44 bits per heavy atom. The molecule has 0 aliphatic rings. The number of benzene rings is 1. The average Bonchev–Trinajstić information content (AvgIpc) is 2.65. The van der Waals surface area contributed by atoms with E-state index in [1.165, 1.54) is 22.5 Å². The number of thiazole rings is 1. The molecule has 0 aliphatic heterocycles. The highest BCUT2D eigenvalue weighted by atomic mass is 32.1. The fraction of sp³-hybridized carbons (Fsp3) is 0.308. The molecule has 0 radical (unpaired) electrons. The first-order chi connectivity index (χ1) is 7.65. The molecule has 1 aromatic carbocycles. The molecule has 2 nitrogen and oxygen atoms in total. The van der Waals surface area contributed by atoms with Crippen LogP contribution >= 0.6 is 11.3 Å². The summed E-state index contributed by atoms with van der Waals surface area (Å²) in [6.45, 7) is 4.41. The zero-order chi connectivity index (χ0) is 11.5. The van der Waals surface area contributed by atoms with Gasteiger partial charge < -0.3 is 5.73 Å². The summed E-state index contributed by atoms with van der Waals surface area (Å²) in [5.74, 6) is 0.587. The van der Waals surface area contributed by atoms with E-state index in [1.54, 1.807) is 0 Å². The lowest BCUT2D eigenvalue weighted by Gasteiger charge is -2.05. The van der Waals surface area contributed by atoms with Crippen molar-refractivity contribution in [2.75, 3.05) is 5.73 Å². The second-order valence-electron chi connectivity index (χ2n) is 4.25. The quantitative estimate of drug-likeness (QED) is 0.880. The summed E-state index contributed by atoms with van der Waals surface area (Å²) in [6, 6.07) is 8.72. The maximum Gasteiger partial charge on any atom is 0.180 e. The molecular weight excluding hydrogens is 216 g/mol. The first-order valence-corrected chi connectivity index (χ1v) is 6.32. The molecule has 0 unspecified atom stereocenters. The van der Waals surface area contributed by atoms with E-state index in [4.69, 9.17) is 5.73 Å². The molecule has 2 rings (SSSR count). The van der Waals surface area contributed by atoms with Crippen LogP contribution in [0.2, 0.25) is 0 Å². The standard InChI is InChI=1S/C13H16N2S/c1-9(2)11-5-3-10(4-6-11)7-12-8-16-13(14)15-12/h3-6,8-9H,7H2,1-2H3,(H2,14,15). The molecule has 0 fully saturated rings. The van der Waals surface area contributed by atoms with Gasteiger partial charge in [0.25, 0.3) is 0 Å². The van der Waals surface area contributed by atoms with E-state index in [0.717, 1.165) is 12.1 Å². The number of hydrogen-bond acceptors (Lipinski definition) is 3. The first-order valence-electron chi connectivity index (χ1n) is 5.44. The Balaban J connectivity index is 2.11. The third-order valence-electron chi connectivity index (χ3n) is 2.60. The number of anilines is 1. The van der Waals surface area contributed by atoms with Crippen molar-refractivity contribution in [2.24, 2.45) is 0 Å². The average molecular weight is 232 g/mol. The summed E-state index contributed by atoms with van der Waals surface area (Å²) in [5, 5.41) is 2.67. The van der Waals surface area contributed by atoms with E-state index < -0.39 is 0 Å². The van der Waals surface area contributed by atoms with E-state index in [2.05, 4.69) is 43.1 Å². The number of aromatic nitrogens is 1. The minimum Gasteiger partial charge on any atom is -0.375 e. The number of nitrogens with zero attached hydrogens (tertiary/aromatic N) is 1. The van der Waals surface area contributed by atoms with Crippen molar-refractivity contribution in [1.82, 2.24) is 4.98 Å². The lowest BCUT2D eigenvalue weighted by Crippen LogP contribution is -1.92. The Hall–Kier alpha value is -1.35. The predicted octanol–water partition coefficient (Wildman–Crippen LogP) is 3.44. The summed E-state index contributed by atoms with van der Waals surface area (Å²) in [4.78, 5) is 4.26. The second-order valence-corrected chi connectivity index (χ2v) is 5.14. The van der Waals surface area contributed by atoms with Crippen LogP contribution < -0.4 is 5.73 Å². The van der Waals surface area contributed by atoms with E-state index in [1.807, 2.05) is 5.38 Å². The normalized spacial score (nSPS) is 10.9. The Labute approximate surface area is 100 Å². The van der Waals surface area contributed by atoms with E-state index in [-0.39, 0.29) is 0 Å². The number of rotatable bonds is 3. The van der Waals surface area contributed by atoms with Crippen LogP contribution in [-0.2, 0) is 6.42 Å². The minimum absolute atomic E-state index is 0.587. The van der Waals surface area contributed by atoms with Gasteiger partial charge in [0.1, 0.15) is 0 Å². The van der Waals surface area contributed by atoms with Crippen molar-refractivity contribution in [3.05, 3.63) is 46.5 Å². The Kier molecular flexibility index (Phi) is 3.25. The molecule has 2 aromatic rings. The predicted molar refractivity (Wildman–Crippen MR) is 69.9 cm³/mol. The fourth-order valence-corrected chi connectivity index (χ4v) is 2.20. The van der Waals surface area contributed by atoms with Crippen molar-refractivity contribution in [1.29, 1.82) is 0 Å². The molecule has 2 N–H and O–H groups in total. The number of hydrogen-bond donors (Lipinski definition) is 1. The van der Waals surface area contributed by atoms with Gasteiger partial charge in [0, 0.05) is 11.8 Å². The summed E-state index contributed by atoms with van der Waals surface area (Å²) >= 11 is 1.50. The van der Waals surface area contributed by atoms with Crippen LogP contribution in [0.15, 0.2) is 29.6 Å². The molecule has 0 spiro atoms. The van der Waals surface area contributed by atoms with Crippen LogP contribution in [0, 0.1) is 0 Å². The molecule has 3 heteroatoms. The van der Waals surface area contributed by atoms with Crippen LogP contribution in [0.4, 0.5) is 5.13 Å². The monoisotopic (exact) mass is 232 g/mol. The minimum atomic E-state index is 0.587. The van der Waals surface area contributed by atoms with Crippen LogP contribution in [-0.4, -0.2) is 4.98 Å². The molecule has 0 saturated carbocycles. The van der Waals surface area contributed by atoms with Crippen LogP contribution in [0.25, 0.3) is 0 Å². The van der Waals surface area contributed by atoms with E-state index >= 15 is 0 Å². The topological polar surface area (TPSA) is 38.9 Å².